The SMILES string of the molecule is C#C[C@H]1CC[C@H](C2CCC(CCC=C)CC2)CC1. The molecule has 0 radical (unpaired) electrons. The van der Waals surface area contributed by atoms with Crippen molar-refractivity contribution in [3.63, 3.8) is 0 Å². The quantitative estimate of drug-likeness (QED) is 0.471. The van der Waals surface area contributed by atoms with Gasteiger partial charge in [0.1, 0.15) is 0 Å². The summed E-state index contributed by atoms with van der Waals surface area (Å²) in [6.45, 7) is 3.83. The lowest BCUT2D eigenvalue weighted by Gasteiger charge is -2.37. The molecule has 0 saturated heterocycles. The first-order chi connectivity index (χ1) is 8.83. The van der Waals surface area contributed by atoms with E-state index < -0.39 is 0 Å². The molecule has 0 aromatic rings. The average molecular weight is 244 g/mol. The number of hydrogen-bond acceptors (Lipinski definition) is 0. The van der Waals surface area contributed by atoms with Crippen LogP contribution in [0.15, 0.2) is 12.7 Å². The summed E-state index contributed by atoms with van der Waals surface area (Å²) in [6, 6.07) is 0. The van der Waals surface area contributed by atoms with E-state index in [2.05, 4.69) is 18.6 Å². The second-order valence-corrected chi connectivity index (χ2v) is 6.43. The minimum atomic E-state index is 0.588. The summed E-state index contributed by atoms with van der Waals surface area (Å²) in [4.78, 5) is 0. The minimum Gasteiger partial charge on any atom is -0.120 e. The second-order valence-electron chi connectivity index (χ2n) is 6.43. The van der Waals surface area contributed by atoms with E-state index in [1.54, 1.807) is 0 Å². The van der Waals surface area contributed by atoms with Crippen LogP contribution in [0.3, 0.4) is 0 Å². The summed E-state index contributed by atoms with van der Waals surface area (Å²) >= 11 is 0. The molecule has 0 amide bonds. The molecule has 2 aliphatic rings. The fraction of sp³-hybridized carbons (Fsp3) is 0.778. The van der Waals surface area contributed by atoms with Crippen LogP contribution in [0.1, 0.15) is 64.2 Å². The van der Waals surface area contributed by atoms with Gasteiger partial charge in [-0.1, -0.05) is 18.9 Å². The summed E-state index contributed by atoms with van der Waals surface area (Å²) < 4.78 is 0. The van der Waals surface area contributed by atoms with Crippen molar-refractivity contribution in [3.05, 3.63) is 12.7 Å². The largest absolute Gasteiger partial charge is 0.120 e. The minimum absolute atomic E-state index is 0.588. The average Bonchev–Trinajstić information content (AvgIpc) is 2.46. The van der Waals surface area contributed by atoms with Crippen LogP contribution in [0.5, 0.6) is 0 Å². The monoisotopic (exact) mass is 244 g/mol. The van der Waals surface area contributed by atoms with Crippen molar-refractivity contribution in [1.82, 2.24) is 0 Å². The summed E-state index contributed by atoms with van der Waals surface area (Å²) in [6.07, 6.45) is 21.5. The molecule has 0 N–H and O–H groups in total. The first-order valence-corrected chi connectivity index (χ1v) is 7.90. The van der Waals surface area contributed by atoms with Gasteiger partial charge >= 0.3 is 0 Å². The lowest BCUT2D eigenvalue weighted by molar-refractivity contribution is 0.154. The highest BCUT2D eigenvalue weighted by Gasteiger charge is 2.30. The molecule has 0 aliphatic heterocycles. The molecule has 0 spiro atoms. The molecule has 0 heterocycles. The smallest absolute Gasteiger partial charge is 0.0200 e. The maximum Gasteiger partial charge on any atom is 0.0200 e. The van der Waals surface area contributed by atoms with Gasteiger partial charge in [0.2, 0.25) is 0 Å². The Bertz CT molecular complexity index is 280. The van der Waals surface area contributed by atoms with Gasteiger partial charge in [0.15, 0.2) is 0 Å². The Hall–Kier alpha value is -0.700. The summed E-state index contributed by atoms with van der Waals surface area (Å²) in [5.41, 5.74) is 0. The molecular weight excluding hydrogens is 216 g/mol. The number of allylic oxidation sites excluding steroid dienone is 1. The fourth-order valence-corrected chi connectivity index (χ4v) is 4.06. The first kappa shape index (κ1) is 13.7. The van der Waals surface area contributed by atoms with Crippen LogP contribution in [0.25, 0.3) is 0 Å². The van der Waals surface area contributed by atoms with Gasteiger partial charge in [-0.05, 0) is 69.1 Å². The Labute approximate surface area is 113 Å². The molecule has 0 nitrogen and oxygen atoms in total. The van der Waals surface area contributed by atoms with E-state index in [0.29, 0.717) is 5.92 Å². The maximum atomic E-state index is 5.53. The third kappa shape index (κ3) is 3.64. The zero-order chi connectivity index (χ0) is 12.8. The Morgan fingerprint density at radius 1 is 0.944 bits per heavy atom. The van der Waals surface area contributed by atoms with E-state index >= 15 is 0 Å². The molecule has 0 unspecified atom stereocenters. The highest BCUT2D eigenvalue weighted by Crippen LogP contribution is 2.41. The van der Waals surface area contributed by atoms with Gasteiger partial charge in [-0.15, -0.1) is 18.9 Å². The highest BCUT2D eigenvalue weighted by molar-refractivity contribution is 4.96. The molecule has 0 heteroatoms. The molecule has 100 valence electrons. The van der Waals surface area contributed by atoms with Gasteiger partial charge in [0, 0.05) is 5.92 Å². The molecule has 2 aliphatic carbocycles. The van der Waals surface area contributed by atoms with Gasteiger partial charge in [0.05, 0.1) is 0 Å². The molecule has 0 aromatic heterocycles. The Morgan fingerprint density at radius 3 is 2.00 bits per heavy atom. The van der Waals surface area contributed by atoms with Gasteiger partial charge < -0.3 is 0 Å². The first-order valence-electron chi connectivity index (χ1n) is 7.90. The zero-order valence-corrected chi connectivity index (χ0v) is 11.7. The molecule has 18 heavy (non-hydrogen) atoms. The van der Waals surface area contributed by atoms with Gasteiger partial charge in [-0.25, -0.2) is 0 Å². The van der Waals surface area contributed by atoms with Crippen LogP contribution in [0.4, 0.5) is 0 Å². The van der Waals surface area contributed by atoms with Crippen LogP contribution < -0.4 is 0 Å². The van der Waals surface area contributed by atoms with E-state index in [1.165, 1.54) is 64.2 Å². The molecule has 2 rings (SSSR count). The predicted octanol–water partition coefficient (Wildman–Crippen LogP) is 5.20. The zero-order valence-electron chi connectivity index (χ0n) is 11.7. The summed E-state index contributed by atoms with van der Waals surface area (Å²) in [5, 5.41) is 0. The lowest BCUT2D eigenvalue weighted by atomic mass is 9.69. The lowest BCUT2D eigenvalue weighted by Crippen LogP contribution is -2.25. The van der Waals surface area contributed by atoms with Gasteiger partial charge in [0.25, 0.3) is 0 Å². The van der Waals surface area contributed by atoms with Gasteiger partial charge in [-0.2, -0.15) is 0 Å². The van der Waals surface area contributed by atoms with Crippen molar-refractivity contribution in [2.45, 2.75) is 64.2 Å². The van der Waals surface area contributed by atoms with Crippen molar-refractivity contribution in [2.75, 3.05) is 0 Å². The highest BCUT2D eigenvalue weighted by atomic mass is 14.3. The van der Waals surface area contributed by atoms with E-state index in [-0.39, 0.29) is 0 Å². The molecular formula is C18H28. The van der Waals surface area contributed by atoms with Crippen molar-refractivity contribution >= 4 is 0 Å². The molecule has 0 aromatic carbocycles. The van der Waals surface area contributed by atoms with Crippen LogP contribution in [0, 0.1) is 36.0 Å². The summed E-state index contributed by atoms with van der Waals surface area (Å²) in [5.74, 6) is 6.54. The molecule has 2 fully saturated rings. The number of terminal acetylenes is 1. The van der Waals surface area contributed by atoms with Crippen LogP contribution in [0.2, 0.25) is 0 Å². The topological polar surface area (TPSA) is 0 Å². The second kappa shape index (κ2) is 7.03. The third-order valence-corrected chi connectivity index (χ3v) is 5.34. The van der Waals surface area contributed by atoms with Crippen LogP contribution in [-0.2, 0) is 0 Å². The number of hydrogen-bond donors (Lipinski definition) is 0. The van der Waals surface area contributed by atoms with E-state index in [0.717, 1.165) is 17.8 Å². The van der Waals surface area contributed by atoms with E-state index in [1.807, 2.05) is 0 Å². The van der Waals surface area contributed by atoms with Crippen molar-refractivity contribution in [2.24, 2.45) is 23.7 Å². The Kier molecular flexibility index (Phi) is 5.36. The maximum absolute atomic E-state index is 5.53. The van der Waals surface area contributed by atoms with Crippen molar-refractivity contribution in [1.29, 1.82) is 0 Å². The number of rotatable bonds is 4. The predicted molar refractivity (Wildman–Crippen MR) is 79.2 cm³/mol. The third-order valence-electron chi connectivity index (χ3n) is 5.34. The van der Waals surface area contributed by atoms with Crippen molar-refractivity contribution < 1.29 is 0 Å². The van der Waals surface area contributed by atoms with Crippen molar-refractivity contribution in [3.8, 4) is 12.3 Å². The van der Waals surface area contributed by atoms with Gasteiger partial charge in [-0.3, -0.25) is 0 Å². The summed E-state index contributed by atoms with van der Waals surface area (Å²) in [7, 11) is 0. The van der Waals surface area contributed by atoms with E-state index in [9.17, 15) is 0 Å². The van der Waals surface area contributed by atoms with E-state index in [4.69, 9.17) is 6.42 Å². The van der Waals surface area contributed by atoms with Crippen LogP contribution in [-0.4, -0.2) is 0 Å². The molecule has 0 atom stereocenters. The fourth-order valence-electron chi connectivity index (χ4n) is 4.06. The standard InChI is InChI=1S/C18H28/c1-3-5-6-16-9-13-18(14-10-16)17-11-7-15(4-2)8-12-17/h2-3,15-18H,1,5-14H2/t15-,16?,17-,18?. The normalized spacial score (nSPS) is 36.8. The van der Waals surface area contributed by atoms with Crippen LogP contribution >= 0.6 is 0 Å². The Balaban J connectivity index is 1.70. The molecule has 0 bridgehead atoms. The Morgan fingerprint density at radius 2 is 1.50 bits per heavy atom. The molecule has 2 saturated carbocycles.